The van der Waals surface area contributed by atoms with Gasteiger partial charge < -0.3 is 5.73 Å². The van der Waals surface area contributed by atoms with Crippen molar-refractivity contribution < 1.29 is 4.39 Å². The summed E-state index contributed by atoms with van der Waals surface area (Å²) in [7, 11) is 0. The number of nitrogens with two attached hydrogens (primary N) is 1. The molecule has 0 spiro atoms. The fourth-order valence-electron chi connectivity index (χ4n) is 3.95. The second-order valence-corrected chi connectivity index (χ2v) is 7.73. The zero-order chi connectivity index (χ0) is 19.0. The lowest BCUT2D eigenvalue weighted by atomic mass is 9.69. The molecule has 1 unspecified atom stereocenters. The van der Waals surface area contributed by atoms with E-state index in [4.69, 9.17) is 5.73 Å². The van der Waals surface area contributed by atoms with Crippen LogP contribution >= 0.6 is 0 Å². The Kier molecular flexibility index (Phi) is 4.44. The third kappa shape index (κ3) is 3.33. The summed E-state index contributed by atoms with van der Waals surface area (Å²) in [5.74, 6) is -0.242. The molecule has 0 radical (unpaired) electrons. The Balaban J connectivity index is 1.63. The Labute approximate surface area is 159 Å². The number of halogens is 1. The number of fused-ring (bicyclic) bond motifs is 1. The van der Waals surface area contributed by atoms with Crippen LogP contribution in [0.15, 0.2) is 66.4 Å². The van der Waals surface area contributed by atoms with E-state index in [1.165, 1.54) is 28.8 Å². The van der Waals surface area contributed by atoms with Gasteiger partial charge in [0.15, 0.2) is 0 Å². The van der Waals surface area contributed by atoms with Crippen molar-refractivity contribution in [2.75, 3.05) is 0 Å². The summed E-state index contributed by atoms with van der Waals surface area (Å²) in [4.78, 5) is 0. The van der Waals surface area contributed by atoms with Crippen molar-refractivity contribution in [2.24, 2.45) is 11.1 Å². The van der Waals surface area contributed by atoms with Crippen LogP contribution in [0.25, 0.3) is 11.8 Å². The quantitative estimate of drug-likeness (QED) is 0.705. The molecule has 0 fully saturated rings. The Morgan fingerprint density at radius 2 is 1.85 bits per heavy atom. The van der Waals surface area contributed by atoms with E-state index in [0.717, 1.165) is 24.2 Å². The van der Waals surface area contributed by atoms with Gasteiger partial charge in [0.05, 0.1) is 17.6 Å². The molecule has 0 aliphatic heterocycles. The van der Waals surface area contributed by atoms with Gasteiger partial charge in [-0.15, -0.1) is 0 Å². The predicted molar refractivity (Wildman–Crippen MR) is 107 cm³/mol. The predicted octanol–water partition coefficient (Wildman–Crippen LogP) is 5.07. The standard InChI is InChI=1S/C23H24FN3/c1-16-12-22-18(15-26-27(22)20-10-8-19(24)9-11-20)13-23(16,2)14-21(25)17-6-4-3-5-7-17/h3-12,15,21H,13-14,25H2,1-2H3/t21?,23-/m1/s1. The molecule has 0 saturated heterocycles. The van der Waals surface area contributed by atoms with Crippen LogP contribution in [0.4, 0.5) is 4.39 Å². The highest BCUT2D eigenvalue weighted by Crippen LogP contribution is 2.43. The highest BCUT2D eigenvalue weighted by atomic mass is 19.1. The fourth-order valence-corrected chi connectivity index (χ4v) is 3.95. The summed E-state index contributed by atoms with van der Waals surface area (Å²) in [6.45, 7) is 4.45. The van der Waals surface area contributed by atoms with Crippen molar-refractivity contribution in [1.29, 1.82) is 0 Å². The Morgan fingerprint density at radius 1 is 1.15 bits per heavy atom. The topological polar surface area (TPSA) is 43.8 Å². The first-order valence-electron chi connectivity index (χ1n) is 9.28. The first kappa shape index (κ1) is 17.7. The van der Waals surface area contributed by atoms with Gasteiger partial charge in [-0.05, 0) is 66.6 Å². The van der Waals surface area contributed by atoms with Gasteiger partial charge in [-0.25, -0.2) is 9.07 Å². The van der Waals surface area contributed by atoms with Gasteiger partial charge >= 0.3 is 0 Å². The molecule has 1 aromatic heterocycles. The zero-order valence-corrected chi connectivity index (χ0v) is 15.7. The Bertz CT molecular complexity index is 973. The largest absolute Gasteiger partial charge is 0.324 e. The maximum absolute atomic E-state index is 13.2. The summed E-state index contributed by atoms with van der Waals surface area (Å²) in [6, 6.07) is 16.7. The summed E-state index contributed by atoms with van der Waals surface area (Å²) in [6.07, 6.45) is 5.90. The van der Waals surface area contributed by atoms with E-state index < -0.39 is 0 Å². The monoisotopic (exact) mass is 361 g/mol. The molecular weight excluding hydrogens is 337 g/mol. The van der Waals surface area contributed by atoms with Crippen LogP contribution < -0.4 is 5.73 Å². The first-order chi connectivity index (χ1) is 13.0. The molecule has 3 aromatic rings. The lowest BCUT2D eigenvalue weighted by Crippen LogP contribution is -2.29. The molecule has 1 aliphatic carbocycles. The van der Waals surface area contributed by atoms with Gasteiger partial charge in [0.1, 0.15) is 5.82 Å². The van der Waals surface area contributed by atoms with E-state index >= 15 is 0 Å². The van der Waals surface area contributed by atoms with Crippen LogP contribution in [-0.4, -0.2) is 9.78 Å². The summed E-state index contributed by atoms with van der Waals surface area (Å²) < 4.78 is 15.1. The minimum atomic E-state index is -0.242. The molecule has 1 aliphatic rings. The van der Waals surface area contributed by atoms with Crippen LogP contribution in [-0.2, 0) is 6.42 Å². The van der Waals surface area contributed by atoms with E-state index in [1.807, 2.05) is 29.1 Å². The molecule has 138 valence electrons. The summed E-state index contributed by atoms with van der Waals surface area (Å²) in [5, 5.41) is 4.55. The van der Waals surface area contributed by atoms with E-state index in [-0.39, 0.29) is 17.3 Å². The fraction of sp³-hybridized carbons (Fsp3) is 0.261. The van der Waals surface area contributed by atoms with Gasteiger partial charge in [0, 0.05) is 6.04 Å². The number of aromatic nitrogens is 2. The highest BCUT2D eigenvalue weighted by molar-refractivity contribution is 5.60. The lowest BCUT2D eigenvalue weighted by Gasteiger charge is -2.36. The number of rotatable bonds is 4. The molecule has 3 nitrogen and oxygen atoms in total. The van der Waals surface area contributed by atoms with Crippen LogP contribution in [0.3, 0.4) is 0 Å². The second-order valence-electron chi connectivity index (χ2n) is 7.73. The molecule has 0 amide bonds. The van der Waals surface area contributed by atoms with E-state index in [2.05, 4.69) is 37.2 Å². The molecule has 2 atom stereocenters. The Hall–Kier alpha value is -2.72. The number of allylic oxidation sites excluding steroid dienone is 1. The molecule has 2 N–H and O–H groups in total. The smallest absolute Gasteiger partial charge is 0.123 e. The molecule has 2 aromatic carbocycles. The van der Waals surface area contributed by atoms with Crippen LogP contribution in [0.2, 0.25) is 0 Å². The van der Waals surface area contributed by atoms with Gasteiger partial charge in [0.2, 0.25) is 0 Å². The van der Waals surface area contributed by atoms with Crippen molar-refractivity contribution in [2.45, 2.75) is 32.7 Å². The molecule has 27 heavy (non-hydrogen) atoms. The van der Waals surface area contributed by atoms with Gasteiger partial charge in [-0.3, -0.25) is 0 Å². The molecular formula is C23H24FN3. The van der Waals surface area contributed by atoms with E-state index in [9.17, 15) is 4.39 Å². The number of hydrogen-bond donors (Lipinski definition) is 1. The molecule has 4 heteroatoms. The Morgan fingerprint density at radius 3 is 2.56 bits per heavy atom. The SMILES string of the molecule is CC1=Cc2c(cnn2-c2ccc(F)cc2)C[C@]1(C)CC(N)c1ccccc1. The number of benzene rings is 2. The maximum atomic E-state index is 13.2. The number of hydrogen-bond acceptors (Lipinski definition) is 2. The zero-order valence-electron chi connectivity index (χ0n) is 15.7. The summed E-state index contributed by atoms with van der Waals surface area (Å²) in [5.41, 5.74) is 12.1. The third-order valence-electron chi connectivity index (χ3n) is 5.74. The van der Waals surface area contributed by atoms with Crippen molar-refractivity contribution >= 4 is 6.08 Å². The van der Waals surface area contributed by atoms with Crippen LogP contribution in [0.1, 0.15) is 43.1 Å². The molecule has 1 heterocycles. The van der Waals surface area contributed by atoms with Gasteiger partial charge in [0.25, 0.3) is 0 Å². The molecule has 0 bridgehead atoms. The normalized spacial score (nSPS) is 20.1. The summed E-state index contributed by atoms with van der Waals surface area (Å²) >= 11 is 0. The average molecular weight is 361 g/mol. The van der Waals surface area contributed by atoms with Crippen molar-refractivity contribution in [3.05, 3.63) is 89.0 Å². The highest BCUT2D eigenvalue weighted by Gasteiger charge is 2.34. The molecule has 4 rings (SSSR count). The van der Waals surface area contributed by atoms with E-state index in [0.29, 0.717) is 0 Å². The average Bonchev–Trinajstić information content (AvgIpc) is 3.05. The third-order valence-corrected chi connectivity index (χ3v) is 5.74. The minimum absolute atomic E-state index is 0.00626. The maximum Gasteiger partial charge on any atom is 0.123 e. The first-order valence-corrected chi connectivity index (χ1v) is 9.28. The van der Waals surface area contributed by atoms with Gasteiger partial charge in [-0.1, -0.05) is 42.8 Å². The minimum Gasteiger partial charge on any atom is -0.324 e. The second kappa shape index (κ2) is 6.78. The van der Waals surface area contributed by atoms with Gasteiger partial charge in [-0.2, -0.15) is 5.10 Å². The van der Waals surface area contributed by atoms with Crippen molar-refractivity contribution in [3.8, 4) is 5.69 Å². The lowest BCUT2D eigenvalue weighted by molar-refractivity contribution is 0.328. The van der Waals surface area contributed by atoms with Crippen LogP contribution in [0, 0.1) is 11.2 Å². The van der Waals surface area contributed by atoms with Crippen molar-refractivity contribution in [1.82, 2.24) is 9.78 Å². The van der Waals surface area contributed by atoms with E-state index in [1.54, 1.807) is 12.1 Å². The number of nitrogens with zero attached hydrogens (tertiary/aromatic N) is 2. The molecule has 0 saturated carbocycles. The van der Waals surface area contributed by atoms with Crippen molar-refractivity contribution in [3.63, 3.8) is 0 Å². The van der Waals surface area contributed by atoms with Crippen LogP contribution in [0.5, 0.6) is 0 Å².